The summed E-state index contributed by atoms with van der Waals surface area (Å²) in [5, 5.41) is 0. The summed E-state index contributed by atoms with van der Waals surface area (Å²) in [5.74, 6) is -0.929. The second-order valence-corrected chi connectivity index (χ2v) is 22.3. The maximum absolute atomic E-state index is 12.9. The number of hydrogen-bond donors (Lipinski definition) is 0. The number of allylic oxidation sites excluding steroid dienone is 24. The first kappa shape index (κ1) is 78.3. The van der Waals surface area contributed by atoms with E-state index in [1.54, 1.807) is 0 Å². The maximum atomic E-state index is 12.9. The number of rotatable bonds is 61. The highest BCUT2D eigenvalue weighted by Crippen LogP contribution is 2.16. The van der Waals surface area contributed by atoms with Crippen molar-refractivity contribution in [2.45, 2.75) is 309 Å². The van der Waals surface area contributed by atoms with Crippen LogP contribution < -0.4 is 0 Å². The third-order valence-electron chi connectivity index (χ3n) is 14.3. The molecule has 0 rings (SSSR count). The molecule has 0 aromatic rings. The fourth-order valence-corrected chi connectivity index (χ4v) is 9.24. The summed E-state index contributed by atoms with van der Waals surface area (Å²) in [5.41, 5.74) is 0. The van der Waals surface area contributed by atoms with E-state index in [1.807, 2.05) is 0 Å². The van der Waals surface area contributed by atoms with Crippen LogP contribution in [-0.2, 0) is 28.6 Å². The molecule has 0 bridgehead atoms. The normalized spacial score (nSPS) is 13.0. The van der Waals surface area contributed by atoms with Gasteiger partial charge in [-0.2, -0.15) is 0 Å². The van der Waals surface area contributed by atoms with Crippen molar-refractivity contribution in [1.82, 2.24) is 0 Å². The Kier molecular flexibility index (Phi) is 65.8. The molecular formula is C77H126O6. The molecule has 1 unspecified atom stereocenters. The Morgan fingerprint density at radius 1 is 0.253 bits per heavy atom. The van der Waals surface area contributed by atoms with Crippen LogP contribution in [0.15, 0.2) is 146 Å². The fraction of sp³-hybridized carbons (Fsp3) is 0.649. The van der Waals surface area contributed by atoms with E-state index >= 15 is 0 Å². The Hall–Kier alpha value is -4.71. The number of unbranched alkanes of at least 4 members (excludes halogenated alkanes) is 26. The predicted octanol–water partition coefficient (Wildman–Crippen LogP) is 23.9. The molecule has 0 aliphatic rings. The molecule has 6 heteroatoms. The summed E-state index contributed by atoms with van der Waals surface area (Å²) in [6.07, 6.45) is 100. The van der Waals surface area contributed by atoms with Gasteiger partial charge in [-0.05, 0) is 135 Å². The lowest BCUT2D eigenvalue weighted by atomic mass is 10.0. The average molecular weight is 1150 g/mol. The van der Waals surface area contributed by atoms with Crippen LogP contribution in [0.5, 0.6) is 0 Å². The Morgan fingerprint density at radius 2 is 0.470 bits per heavy atom. The van der Waals surface area contributed by atoms with Crippen LogP contribution >= 0.6 is 0 Å². The summed E-state index contributed by atoms with van der Waals surface area (Å²) in [6, 6.07) is 0. The van der Waals surface area contributed by atoms with Gasteiger partial charge in [0.1, 0.15) is 13.2 Å². The molecule has 0 aromatic carbocycles. The van der Waals surface area contributed by atoms with Gasteiger partial charge in [0.15, 0.2) is 6.10 Å². The van der Waals surface area contributed by atoms with Crippen molar-refractivity contribution in [3.05, 3.63) is 146 Å². The fourth-order valence-electron chi connectivity index (χ4n) is 9.24. The second kappa shape index (κ2) is 69.8. The zero-order valence-electron chi connectivity index (χ0n) is 53.9. The van der Waals surface area contributed by atoms with Crippen LogP contribution in [0, 0.1) is 0 Å². The van der Waals surface area contributed by atoms with Crippen molar-refractivity contribution < 1.29 is 28.6 Å². The van der Waals surface area contributed by atoms with Crippen molar-refractivity contribution in [1.29, 1.82) is 0 Å². The minimum atomic E-state index is -0.802. The highest BCUT2D eigenvalue weighted by molar-refractivity contribution is 5.71. The highest BCUT2D eigenvalue weighted by Gasteiger charge is 2.19. The van der Waals surface area contributed by atoms with Crippen LogP contribution in [0.25, 0.3) is 0 Å². The predicted molar refractivity (Wildman–Crippen MR) is 362 cm³/mol. The summed E-state index contributed by atoms with van der Waals surface area (Å²) in [4.78, 5) is 38.3. The Balaban J connectivity index is 4.21. The van der Waals surface area contributed by atoms with E-state index in [2.05, 4.69) is 167 Å². The Morgan fingerprint density at radius 3 is 0.735 bits per heavy atom. The van der Waals surface area contributed by atoms with Crippen molar-refractivity contribution in [3.63, 3.8) is 0 Å². The molecule has 0 aliphatic carbocycles. The molecule has 0 aromatic heterocycles. The van der Waals surface area contributed by atoms with E-state index < -0.39 is 6.10 Å². The molecule has 0 radical (unpaired) electrons. The zero-order valence-corrected chi connectivity index (χ0v) is 53.9. The van der Waals surface area contributed by atoms with Gasteiger partial charge in [0.2, 0.25) is 0 Å². The molecule has 0 saturated heterocycles. The topological polar surface area (TPSA) is 78.9 Å². The van der Waals surface area contributed by atoms with Crippen molar-refractivity contribution in [3.8, 4) is 0 Å². The Bertz CT molecular complexity index is 1800. The van der Waals surface area contributed by atoms with Crippen LogP contribution in [0.4, 0.5) is 0 Å². The van der Waals surface area contributed by atoms with Crippen LogP contribution in [0.3, 0.4) is 0 Å². The first-order chi connectivity index (χ1) is 41.0. The minimum absolute atomic E-state index is 0.0947. The van der Waals surface area contributed by atoms with E-state index in [4.69, 9.17) is 14.2 Å². The Labute approximate surface area is 512 Å². The number of carbonyl (C=O) groups excluding carboxylic acids is 3. The molecular weight excluding hydrogens is 1020 g/mol. The van der Waals surface area contributed by atoms with E-state index in [0.29, 0.717) is 19.3 Å². The van der Waals surface area contributed by atoms with Gasteiger partial charge >= 0.3 is 17.9 Å². The summed E-state index contributed by atoms with van der Waals surface area (Å²) < 4.78 is 16.9. The largest absolute Gasteiger partial charge is 0.462 e. The lowest BCUT2D eigenvalue weighted by Gasteiger charge is -2.18. The van der Waals surface area contributed by atoms with Gasteiger partial charge in [-0.25, -0.2) is 0 Å². The SMILES string of the molecule is CC/C=C\C/C=C\C/C=C\C/C=C\C/C=C\C/C=C\CCCCCCCCCCCCCCCCCCC(=O)OCC(COC(=O)CCCCCCC/C=C\C/C=C\CCC)OC(=O)CCCCCC/C=C\C/C=C\C/C=C\C/C=C\CC. The maximum Gasteiger partial charge on any atom is 0.306 e. The quantitative estimate of drug-likeness (QED) is 0.0261. The molecule has 0 N–H and O–H groups in total. The summed E-state index contributed by atoms with van der Waals surface area (Å²) in [7, 11) is 0. The van der Waals surface area contributed by atoms with Crippen molar-refractivity contribution >= 4 is 17.9 Å². The second-order valence-electron chi connectivity index (χ2n) is 22.3. The van der Waals surface area contributed by atoms with Gasteiger partial charge in [-0.15, -0.1) is 0 Å². The summed E-state index contributed by atoms with van der Waals surface area (Å²) in [6.45, 7) is 6.33. The van der Waals surface area contributed by atoms with Gasteiger partial charge < -0.3 is 14.2 Å². The van der Waals surface area contributed by atoms with E-state index in [0.717, 1.165) is 167 Å². The van der Waals surface area contributed by atoms with Gasteiger partial charge in [0.25, 0.3) is 0 Å². The minimum Gasteiger partial charge on any atom is -0.462 e. The van der Waals surface area contributed by atoms with E-state index in [-0.39, 0.29) is 31.1 Å². The number of esters is 3. The summed E-state index contributed by atoms with van der Waals surface area (Å²) >= 11 is 0. The number of carbonyl (C=O) groups is 3. The van der Waals surface area contributed by atoms with Gasteiger partial charge in [0, 0.05) is 19.3 Å². The smallest absolute Gasteiger partial charge is 0.306 e. The molecule has 0 spiro atoms. The molecule has 470 valence electrons. The molecule has 0 saturated carbocycles. The molecule has 0 heterocycles. The first-order valence-corrected chi connectivity index (χ1v) is 34.3. The molecule has 0 amide bonds. The molecule has 1 atom stereocenters. The highest BCUT2D eigenvalue weighted by atomic mass is 16.6. The molecule has 0 fully saturated rings. The van der Waals surface area contributed by atoms with Crippen LogP contribution in [0.1, 0.15) is 303 Å². The molecule has 83 heavy (non-hydrogen) atoms. The lowest BCUT2D eigenvalue weighted by molar-refractivity contribution is -0.167. The van der Waals surface area contributed by atoms with E-state index in [9.17, 15) is 14.4 Å². The monoisotopic (exact) mass is 1150 g/mol. The van der Waals surface area contributed by atoms with E-state index in [1.165, 1.54) is 96.3 Å². The van der Waals surface area contributed by atoms with Gasteiger partial charge in [-0.3, -0.25) is 14.4 Å². The molecule has 0 aliphatic heterocycles. The number of hydrogen-bond acceptors (Lipinski definition) is 6. The number of ether oxygens (including phenoxy) is 3. The standard InChI is InChI=1S/C77H126O6/c1-4-7-10-13-16-19-22-25-27-29-30-31-32-33-34-35-36-37-38-39-40-41-42-43-44-45-46-48-49-52-55-58-61-64-67-70-76(79)82-73-74(72-81-75(78)69-66-63-60-57-54-51-24-21-18-15-12-9-6-3)83-77(80)71-68-65-62-59-56-53-50-47-28-26-23-20-17-14-11-8-5-2/h7-8,10-12,15-17,19-21,24-28,30-31,33-34,36-37,50,53,74H,4-6,9,13-14,18,22-23,29,32,35,38-49,51-52,54-73H2,1-3H3/b10-7-,11-8-,15-12-,19-16-,20-17-,24-21-,27-25-,28-26-,31-30-,34-33-,37-36-,53-50-. The van der Waals surface area contributed by atoms with Crippen LogP contribution in [0.2, 0.25) is 0 Å². The van der Waals surface area contributed by atoms with Crippen molar-refractivity contribution in [2.24, 2.45) is 0 Å². The first-order valence-electron chi connectivity index (χ1n) is 34.3. The molecule has 6 nitrogen and oxygen atoms in total. The van der Waals surface area contributed by atoms with Gasteiger partial charge in [-0.1, -0.05) is 295 Å². The van der Waals surface area contributed by atoms with Gasteiger partial charge in [0.05, 0.1) is 0 Å². The van der Waals surface area contributed by atoms with Crippen LogP contribution in [-0.4, -0.2) is 37.2 Å². The average Bonchev–Trinajstić information content (AvgIpc) is 3.49. The third-order valence-corrected chi connectivity index (χ3v) is 14.3. The lowest BCUT2D eigenvalue weighted by Crippen LogP contribution is -2.30. The third kappa shape index (κ3) is 68.0. The zero-order chi connectivity index (χ0) is 59.9. The van der Waals surface area contributed by atoms with Crippen molar-refractivity contribution in [2.75, 3.05) is 13.2 Å².